The summed E-state index contributed by atoms with van der Waals surface area (Å²) in [6.07, 6.45) is 12.3. The third-order valence-corrected chi connectivity index (χ3v) is 8.47. The van der Waals surface area contributed by atoms with Crippen LogP contribution in [0.5, 0.6) is 0 Å². The van der Waals surface area contributed by atoms with Crippen LogP contribution in [0.25, 0.3) is 0 Å². The van der Waals surface area contributed by atoms with Gasteiger partial charge in [0.15, 0.2) is 0 Å². The van der Waals surface area contributed by atoms with E-state index in [0.717, 1.165) is 43.2 Å². The lowest BCUT2D eigenvalue weighted by Crippen LogP contribution is -2.45. The van der Waals surface area contributed by atoms with E-state index in [9.17, 15) is 18.3 Å². The Kier molecular flexibility index (Phi) is 6.51. The fraction of sp³-hybridized carbons (Fsp3) is 0.407. The summed E-state index contributed by atoms with van der Waals surface area (Å²) in [5.74, 6) is -0.792. The summed E-state index contributed by atoms with van der Waals surface area (Å²) >= 11 is 0. The Morgan fingerprint density at radius 1 is 1.17 bits per heavy atom. The Balaban J connectivity index is 1.44. The van der Waals surface area contributed by atoms with E-state index in [1.165, 1.54) is 6.20 Å². The predicted octanol–water partition coefficient (Wildman–Crippen LogP) is 4.46. The van der Waals surface area contributed by atoms with Gasteiger partial charge in [0.2, 0.25) is 0 Å². The number of pyridine rings is 1. The average Bonchev–Trinajstić information content (AvgIpc) is 3.63. The molecule has 0 spiro atoms. The smallest absolute Gasteiger partial charge is 0.317 e. The zero-order chi connectivity index (χ0) is 24.6. The Bertz CT molecular complexity index is 1280. The van der Waals surface area contributed by atoms with Crippen LogP contribution in [0.1, 0.15) is 49.1 Å². The lowest BCUT2D eigenvalue weighted by atomic mass is 9.72. The number of rotatable bonds is 6. The summed E-state index contributed by atoms with van der Waals surface area (Å²) < 4.78 is 34.3. The molecule has 2 fully saturated rings. The number of aromatic nitrogens is 1. The zero-order valence-corrected chi connectivity index (χ0v) is 20.4. The van der Waals surface area contributed by atoms with Crippen LogP contribution in [0.2, 0.25) is 0 Å². The molecule has 2 heterocycles. The molecule has 0 radical (unpaired) electrons. The number of carbonyl (C=O) groups is 1. The second-order valence-corrected chi connectivity index (χ2v) is 11.4. The molecule has 5 rings (SSSR count). The van der Waals surface area contributed by atoms with E-state index in [1.807, 2.05) is 18.2 Å². The molecule has 4 unspecified atom stereocenters. The van der Waals surface area contributed by atoms with E-state index in [-0.39, 0.29) is 22.6 Å². The number of allylic oxidation sites excluding steroid dienone is 3. The molecule has 184 valence electrons. The molecule has 1 saturated carbocycles. The third kappa shape index (κ3) is 5.04. The number of benzene rings is 1. The number of hydrogen-bond acceptors (Lipinski definition) is 6. The van der Waals surface area contributed by atoms with Crippen LogP contribution < -0.4 is 4.72 Å². The highest BCUT2D eigenvalue weighted by atomic mass is 32.2. The molecule has 1 aromatic heterocycles. The lowest BCUT2D eigenvalue weighted by Gasteiger charge is -2.39. The maximum Gasteiger partial charge on any atom is 0.317 e. The lowest BCUT2D eigenvalue weighted by molar-refractivity contribution is -0.160. The van der Waals surface area contributed by atoms with Gasteiger partial charge < -0.3 is 9.84 Å². The zero-order valence-electron chi connectivity index (χ0n) is 19.6. The van der Waals surface area contributed by atoms with Crippen LogP contribution in [0.15, 0.2) is 71.6 Å². The highest BCUT2D eigenvalue weighted by molar-refractivity contribution is 7.92. The molecule has 4 atom stereocenters. The fourth-order valence-corrected chi connectivity index (χ4v) is 6.38. The molecule has 35 heavy (non-hydrogen) atoms. The average molecular weight is 495 g/mol. The molecule has 1 saturated heterocycles. The van der Waals surface area contributed by atoms with E-state index in [0.29, 0.717) is 11.4 Å². The molecule has 0 amide bonds. The molecule has 1 aliphatic heterocycles. The molecule has 8 heteroatoms. The van der Waals surface area contributed by atoms with Gasteiger partial charge in [-0.3, -0.25) is 14.5 Å². The maximum atomic E-state index is 13.2. The molecule has 1 aromatic carbocycles. The minimum Gasteiger partial charge on any atom is -0.430 e. The quantitative estimate of drug-likeness (QED) is 0.575. The van der Waals surface area contributed by atoms with Gasteiger partial charge in [-0.1, -0.05) is 24.3 Å². The number of esters is 1. The number of aryl methyl sites for hydroxylation is 1. The van der Waals surface area contributed by atoms with E-state index < -0.39 is 28.0 Å². The molecule has 0 bridgehead atoms. The van der Waals surface area contributed by atoms with E-state index in [2.05, 4.69) is 9.71 Å². The van der Waals surface area contributed by atoms with Crippen molar-refractivity contribution in [1.82, 2.24) is 4.98 Å². The van der Waals surface area contributed by atoms with Crippen LogP contribution in [0, 0.1) is 24.7 Å². The van der Waals surface area contributed by atoms with Crippen molar-refractivity contribution in [2.45, 2.75) is 55.9 Å². The fourth-order valence-electron chi connectivity index (χ4n) is 5.29. The van der Waals surface area contributed by atoms with Gasteiger partial charge in [-0.2, -0.15) is 0 Å². The first-order valence-corrected chi connectivity index (χ1v) is 13.6. The Morgan fingerprint density at radius 2 is 2.00 bits per heavy atom. The molecular formula is C27H30N2O5S. The highest BCUT2D eigenvalue weighted by Crippen LogP contribution is 2.51. The minimum absolute atomic E-state index is 0.0885. The number of aliphatic hydroxyl groups is 1. The van der Waals surface area contributed by atoms with Crippen molar-refractivity contribution in [3.63, 3.8) is 0 Å². The van der Waals surface area contributed by atoms with Crippen molar-refractivity contribution < 1.29 is 23.1 Å². The summed E-state index contributed by atoms with van der Waals surface area (Å²) in [5, 5.41) is 11.4. The van der Waals surface area contributed by atoms with Gasteiger partial charge in [-0.05, 0) is 80.3 Å². The van der Waals surface area contributed by atoms with E-state index in [4.69, 9.17) is 4.74 Å². The molecular weight excluding hydrogens is 464 g/mol. The molecule has 2 aromatic rings. The van der Waals surface area contributed by atoms with Crippen molar-refractivity contribution in [3.05, 3.63) is 77.8 Å². The van der Waals surface area contributed by atoms with Crippen molar-refractivity contribution in [1.29, 1.82) is 0 Å². The topological polar surface area (TPSA) is 106 Å². The first kappa shape index (κ1) is 23.8. The van der Waals surface area contributed by atoms with Crippen molar-refractivity contribution in [2.24, 2.45) is 17.8 Å². The van der Waals surface area contributed by atoms with Gasteiger partial charge in [0.25, 0.3) is 10.0 Å². The first-order valence-electron chi connectivity index (χ1n) is 12.1. The summed E-state index contributed by atoms with van der Waals surface area (Å²) in [5.41, 5.74) is 1.98. The number of sulfonamides is 1. The van der Waals surface area contributed by atoms with Gasteiger partial charge in [-0.25, -0.2) is 8.42 Å². The number of aliphatic hydroxyl groups excluding tert-OH is 1. The van der Waals surface area contributed by atoms with Crippen LogP contribution in [-0.4, -0.2) is 30.6 Å². The standard InChI is InChI=1S/C27H30N2O5S/c1-17-13-21(16-28-15-17)35(32,33)29-20-8-6-7-19(14-20)24(18-11-12-18)25-26(30)22-9-4-2-3-5-10-23(22)34-27(25)31/h3,5-8,10,13-16,18,22,24-26,29-30H,2,4,9,11-12H2,1H3. The first-order chi connectivity index (χ1) is 16.8. The van der Waals surface area contributed by atoms with Gasteiger partial charge in [0.1, 0.15) is 10.7 Å². The maximum absolute atomic E-state index is 13.2. The van der Waals surface area contributed by atoms with Crippen LogP contribution in [0.4, 0.5) is 5.69 Å². The van der Waals surface area contributed by atoms with Crippen molar-refractivity contribution in [2.75, 3.05) is 4.72 Å². The van der Waals surface area contributed by atoms with Gasteiger partial charge in [0.05, 0.1) is 12.0 Å². The van der Waals surface area contributed by atoms with Crippen LogP contribution >= 0.6 is 0 Å². The van der Waals surface area contributed by atoms with Gasteiger partial charge >= 0.3 is 5.97 Å². The van der Waals surface area contributed by atoms with Crippen LogP contribution in [-0.2, 0) is 19.6 Å². The SMILES string of the molecule is Cc1cncc(S(=O)(=O)Nc2cccc(C(C3CC3)C3C(=O)OC4=CC=CCCCC4C3O)c2)c1. The van der Waals surface area contributed by atoms with Crippen molar-refractivity contribution in [3.8, 4) is 0 Å². The number of nitrogens with zero attached hydrogens (tertiary/aromatic N) is 1. The third-order valence-electron chi connectivity index (χ3n) is 7.12. The summed E-state index contributed by atoms with van der Waals surface area (Å²) in [7, 11) is -3.82. The minimum atomic E-state index is -3.82. The normalized spacial score (nSPS) is 25.5. The number of anilines is 1. The largest absolute Gasteiger partial charge is 0.430 e. The Hall–Kier alpha value is -2.97. The monoisotopic (exact) mass is 494 g/mol. The number of fused-ring (bicyclic) bond motifs is 1. The molecule has 2 aliphatic carbocycles. The second-order valence-electron chi connectivity index (χ2n) is 9.76. The van der Waals surface area contributed by atoms with Gasteiger partial charge in [-0.15, -0.1) is 0 Å². The number of carbonyl (C=O) groups excluding carboxylic acids is 1. The van der Waals surface area contributed by atoms with Crippen LogP contribution in [0.3, 0.4) is 0 Å². The molecule has 7 nitrogen and oxygen atoms in total. The van der Waals surface area contributed by atoms with Gasteiger partial charge in [0, 0.05) is 29.9 Å². The molecule has 3 aliphatic rings. The summed E-state index contributed by atoms with van der Waals surface area (Å²) in [6.45, 7) is 1.79. The predicted molar refractivity (Wildman–Crippen MR) is 132 cm³/mol. The summed E-state index contributed by atoms with van der Waals surface area (Å²) in [4.78, 5) is 17.2. The second kappa shape index (κ2) is 9.59. The number of nitrogens with one attached hydrogen (secondary N) is 1. The molecule has 2 N–H and O–H groups in total. The van der Waals surface area contributed by atoms with Crippen molar-refractivity contribution >= 4 is 21.7 Å². The number of ether oxygens (including phenoxy) is 1. The number of hydrogen-bond donors (Lipinski definition) is 2. The van der Waals surface area contributed by atoms with E-state index in [1.54, 1.807) is 43.5 Å². The summed E-state index contributed by atoms with van der Waals surface area (Å²) in [6, 6.07) is 8.71. The van der Waals surface area contributed by atoms with E-state index >= 15 is 0 Å². The Morgan fingerprint density at radius 3 is 2.77 bits per heavy atom. The highest BCUT2D eigenvalue weighted by Gasteiger charge is 2.50. The Labute approximate surface area is 206 Å².